The van der Waals surface area contributed by atoms with Gasteiger partial charge in [0.15, 0.2) is 0 Å². The van der Waals surface area contributed by atoms with Gasteiger partial charge in [-0.15, -0.1) is 0 Å². The zero-order valence-electron chi connectivity index (χ0n) is 14.4. The van der Waals surface area contributed by atoms with E-state index in [9.17, 15) is 9.59 Å². The zero-order valence-corrected chi connectivity index (χ0v) is 14.4. The maximum atomic E-state index is 11.8. The van der Waals surface area contributed by atoms with Crippen LogP contribution in [0.5, 0.6) is 0 Å². The summed E-state index contributed by atoms with van der Waals surface area (Å²) < 4.78 is 5.45. The molecular weight excluding hydrogens is 308 g/mol. The summed E-state index contributed by atoms with van der Waals surface area (Å²) in [4.78, 5) is 23.6. The molecule has 0 saturated carbocycles. The molecule has 1 aliphatic heterocycles. The Morgan fingerprint density at radius 2 is 1.67 bits per heavy atom. The van der Waals surface area contributed by atoms with E-state index in [4.69, 9.17) is 4.74 Å². The second kappa shape index (κ2) is 8.01. The molecule has 7 nitrogen and oxygen atoms in total. The summed E-state index contributed by atoms with van der Waals surface area (Å²) in [6, 6.07) is 6.40. The van der Waals surface area contributed by atoms with E-state index in [2.05, 4.69) is 21.3 Å². The Labute approximate surface area is 142 Å². The molecule has 1 atom stereocenters. The Bertz CT molecular complexity index is 560. The lowest BCUT2D eigenvalue weighted by Gasteiger charge is -2.20. The molecule has 132 valence electrons. The second-order valence-corrected chi connectivity index (χ2v) is 6.88. The smallest absolute Gasteiger partial charge is 0.319 e. The quantitative estimate of drug-likeness (QED) is 0.682. The molecule has 4 amide bonds. The van der Waals surface area contributed by atoms with Gasteiger partial charge in [0.1, 0.15) is 0 Å². The molecule has 4 N–H and O–H groups in total. The molecule has 0 aromatic heterocycles. The Kier molecular flexibility index (Phi) is 6.03. The number of benzene rings is 1. The molecule has 0 aliphatic carbocycles. The molecule has 1 aliphatic rings. The van der Waals surface area contributed by atoms with Gasteiger partial charge in [-0.2, -0.15) is 0 Å². The minimum Gasteiger partial charge on any atom is -0.376 e. The average Bonchev–Trinajstić information content (AvgIpc) is 2.98. The number of carbonyl (C=O) groups excluding carboxylic acids is 2. The molecule has 24 heavy (non-hydrogen) atoms. The molecule has 1 aromatic rings. The van der Waals surface area contributed by atoms with Gasteiger partial charge < -0.3 is 26.0 Å². The molecule has 1 saturated heterocycles. The fourth-order valence-electron chi connectivity index (χ4n) is 2.33. The fourth-order valence-corrected chi connectivity index (χ4v) is 2.33. The number of hydrogen-bond acceptors (Lipinski definition) is 3. The van der Waals surface area contributed by atoms with Gasteiger partial charge in [-0.25, -0.2) is 9.59 Å². The SMILES string of the molecule is CC(C)(C)NC(=O)Nc1ccc(NC(=O)NCC2CCCO2)cc1. The van der Waals surface area contributed by atoms with Crippen LogP contribution in [0, 0.1) is 0 Å². The summed E-state index contributed by atoms with van der Waals surface area (Å²) in [5, 5.41) is 11.1. The van der Waals surface area contributed by atoms with Crippen molar-refractivity contribution in [3.8, 4) is 0 Å². The van der Waals surface area contributed by atoms with Crippen molar-refractivity contribution in [3.05, 3.63) is 24.3 Å². The van der Waals surface area contributed by atoms with Gasteiger partial charge in [0.2, 0.25) is 0 Å². The Balaban J connectivity index is 1.76. The first-order valence-electron chi connectivity index (χ1n) is 8.17. The lowest BCUT2D eigenvalue weighted by molar-refractivity contribution is 0.112. The molecule has 1 heterocycles. The lowest BCUT2D eigenvalue weighted by atomic mass is 10.1. The van der Waals surface area contributed by atoms with Crippen molar-refractivity contribution in [3.63, 3.8) is 0 Å². The van der Waals surface area contributed by atoms with E-state index in [1.165, 1.54) is 0 Å². The van der Waals surface area contributed by atoms with Crippen molar-refractivity contribution in [1.29, 1.82) is 0 Å². The van der Waals surface area contributed by atoms with Crippen molar-refractivity contribution in [2.24, 2.45) is 0 Å². The van der Waals surface area contributed by atoms with E-state index in [1.54, 1.807) is 24.3 Å². The Morgan fingerprint density at radius 1 is 1.08 bits per heavy atom. The lowest BCUT2D eigenvalue weighted by Crippen LogP contribution is -2.43. The maximum absolute atomic E-state index is 11.8. The van der Waals surface area contributed by atoms with Crippen LogP contribution >= 0.6 is 0 Å². The van der Waals surface area contributed by atoms with Crippen molar-refractivity contribution < 1.29 is 14.3 Å². The van der Waals surface area contributed by atoms with Gasteiger partial charge in [-0.3, -0.25) is 0 Å². The predicted molar refractivity (Wildman–Crippen MR) is 94.3 cm³/mol. The summed E-state index contributed by atoms with van der Waals surface area (Å²) in [6.45, 7) is 7.02. The van der Waals surface area contributed by atoms with Crippen molar-refractivity contribution in [1.82, 2.24) is 10.6 Å². The Morgan fingerprint density at radius 3 is 2.17 bits per heavy atom. The second-order valence-electron chi connectivity index (χ2n) is 6.88. The van der Waals surface area contributed by atoms with Crippen LogP contribution in [-0.4, -0.2) is 36.9 Å². The van der Waals surface area contributed by atoms with E-state index in [1.807, 2.05) is 20.8 Å². The number of hydrogen-bond donors (Lipinski definition) is 4. The van der Waals surface area contributed by atoms with Gasteiger partial charge in [0.05, 0.1) is 6.10 Å². The number of anilines is 2. The molecule has 7 heteroatoms. The molecule has 0 radical (unpaired) electrons. The van der Waals surface area contributed by atoms with Crippen LogP contribution in [0.25, 0.3) is 0 Å². The van der Waals surface area contributed by atoms with Gasteiger partial charge in [0, 0.05) is 30.1 Å². The fraction of sp³-hybridized carbons (Fsp3) is 0.529. The largest absolute Gasteiger partial charge is 0.376 e. The highest BCUT2D eigenvalue weighted by Gasteiger charge is 2.16. The average molecular weight is 334 g/mol. The number of rotatable bonds is 4. The number of amides is 4. The first-order chi connectivity index (χ1) is 11.3. The first-order valence-corrected chi connectivity index (χ1v) is 8.17. The standard InChI is InChI=1S/C17H26N4O3/c1-17(2,3)21-16(23)20-13-8-6-12(7-9-13)19-15(22)18-11-14-5-4-10-24-14/h6-9,14H,4-5,10-11H2,1-3H3,(H2,18,19,22)(H2,20,21,23). The summed E-state index contributed by atoms with van der Waals surface area (Å²) in [5.74, 6) is 0. The van der Waals surface area contributed by atoms with Crippen molar-refractivity contribution >= 4 is 23.4 Å². The topological polar surface area (TPSA) is 91.5 Å². The summed E-state index contributed by atoms with van der Waals surface area (Å²) in [7, 11) is 0. The van der Waals surface area contributed by atoms with Crippen LogP contribution in [0.2, 0.25) is 0 Å². The van der Waals surface area contributed by atoms with Gasteiger partial charge in [0.25, 0.3) is 0 Å². The first kappa shape index (κ1) is 18.1. The number of carbonyl (C=O) groups is 2. The highest BCUT2D eigenvalue weighted by Crippen LogP contribution is 2.14. The Hall–Kier alpha value is -2.28. The molecule has 1 fully saturated rings. The van der Waals surface area contributed by atoms with E-state index in [-0.39, 0.29) is 23.7 Å². The van der Waals surface area contributed by atoms with Crippen molar-refractivity contribution in [2.75, 3.05) is 23.8 Å². The van der Waals surface area contributed by atoms with Crippen LogP contribution < -0.4 is 21.3 Å². The van der Waals surface area contributed by atoms with Gasteiger partial charge >= 0.3 is 12.1 Å². The molecule has 1 unspecified atom stereocenters. The molecule has 1 aromatic carbocycles. The summed E-state index contributed by atoms with van der Waals surface area (Å²) in [5.41, 5.74) is 1.01. The summed E-state index contributed by atoms with van der Waals surface area (Å²) in [6.07, 6.45) is 2.14. The monoisotopic (exact) mass is 334 g/mol. The van der Waals surface area contributed by atoms with E-state index in [0.717, 1.165) is 19.4 Å². The minimum absolute atomic E-state index is 0.114. The third-order valence-corrected chi connectivity index (χ3v) is 3.40. The third-order valence-electron chi connectivity index (χ3n) is 3.40. The van der Waals surface area contributed by atoms with E-state index < -0.39 is 0 Å². The van der Waals surface area contributed by atoms with Gasteiger partial charge in [-0.05, 0) is 57.9 Å². The van der Waals surface area contributed by atoms with Crippen LogP contribution in [-0.2, 0) is 4.74 Å². The van der Waals surface area contributed by atoms with Crippen LogP contribution in [0.3, 0.4) is 0 Å². The highest BCUT2D eigenvalue weighted by atomic mass is 16.5. The number of urea groups is 2. The predicted octanol–water partition coefficient (Wildman–Crippen LogP) is 2.91. The zero-order chi connectivity index (χ0) is 17.6. The van der Waals surface area contributed by atoms with Gasteiger partial charge in [-0.1, -0.05) is 0 Å². The summed E-state index contributed by atoms with van der Waals surface area (Å²) >= 11 is 0. The number of ether oxygens (including phenoxy) is 1. The van der Waals surface area contributed by atoms with Crippen LogP contribution in [0.15, 0.2) is 24.3 Å². The third kappa shape index (κ3) is 6.45. The van der Waals surface area contributed by atoms with E-state index in [0.29, 0.717) is 17.9 Å². The molecule has 0 bridgehead atoms. The van der Waals surface area contributed by atoms with Crippen molar-refractivity contribution in [2.45, 2.75) is 45.3 Å². The van der Waals surface area contributed by atoms with Crippen LogP contribution in [0.4, 0.5) is 21.0 Å². The van der Waals surface area contributed by atoms with Crippen LogP contribution in [0.1, 0.15) is 33.6 Å². The number of nitrogens with one attached hydrogen (secondary N) is 4. The maximum Gasteiger partial charge on any atom is 0.319 e. The minimum atomic E-state index is -0.299. The molecule has 0 spiro atoms. The molecule has 2 rings (SSSR count). The highest BCUT2D eigenvalue weighted by molar-refractivity contribution is 5.91. The normalized spacial score (nSPS) is 17.2. The molecular formula is C17H26N4O3. The van der Waals surface area contributed by atoms with E-state index >= 15 is 0 Å².